The summed E-state index contributed by atoms with van der Waals surface area (Å²) in [6, 6.07) is 19.3. The minimum absolute atomic E-state index is 0.353. The molecule has 1 atom stereocenters. The number of hydrogen-bond donors (Lipinski definition) is 0. The second-order valence-corrected chi connectivity index (χ2v) is 10.5. The van der Waals surface area contributed by atoms with Crippen LogP contribution < -0.4 is 4.90 Å². The van der Waals surface area contributed by atoms with Gasteiger partial charge in [-0.2, -0.15) is 0 Å². The van der Waals surface area contributed by atoms with Crippen LogP contribution in [0.3, 0.4) is 0 Å². The number of halogens is 1. The Morgan fingerprint density at radius 1 is 0.970 bits per heavy atom. The van der Waals surface area contributed by atoms with Gasteiger partial charge >= 0.3 is 6.09 Å². The highest BCUT2D eigenvalue weighted by atomic mass is 32.2. The number of imide groups is 1. The van der Waals surface area contributed by atoms with Crippen molar-refractivity contribution in [1.29, 1.82) is 0 Å². The van der Waals surface area contributed by atoms with Gasteiger partial charge in [-0.3, -0.25) is 4.79 Å². The molecule has 1 aliphatic heterocycles. The first kappa shape index (κ1) is 23.1. The summed E-state index contributed by atoms with van der Waals surface area (Å²) in [6.07, 6.45) is -0.717. The molecule has 0 aliphatic carbocycles. The summed E-state index contributed by atoms with van der Waals surface area (Å²) >= 11 is 1.30. The lowest BCUT2D eigenvalue weighted by Gasteiger charge is -2.30. The Balaban J connectivity index is 1.96. The summed E-state index contributed by atoms with van der Waals surface area (Å²) in [5.41, 5.74) is 3.19. The largest absolute Gasteiger partial charge is 0.443 e. The number of carbonyl (C=O) groups is 2. The van der Waals surface area contributed by atoms with Crippen LogP contribution in [0.5, 0.6) is 0 Å². The molecule has 0 saturated heterocycles. The van der Waals surface area contributed by atoms with Crippen LogP contribution in [0.2, 0.25) is 0 Å². The number of aryl methyl sites for hydroxylation is 2. The van der Waals surface area contributed by atoms with Crippen molar-refractivity contribution in [2.45, 2.75) is 49.9 Å². The number of carbonyl (C=O) groups excluding carboxylic acids is 2. The highest BCUT2D eigenvalue weighted by molar-refractivity contribution is 8.01. The lowest BCUT2D eigenvalue weighted by molar-refractivity contribution is -0.119. The van der Waals surface area contributed by atoms with Crippen LogP contribution in [0.15, 0.2) is 71.6 Å². The molecule has 3 aromatic rings. The molecular weight excluding hydrogens is 437 g/mol. The number of benzene rings is 3. The number of para-hydroxylation sites is 1. The Morgan fingerprint density at radius 2 is 1.58 bits per heavy atom. The van der Waals surface area contributed by atoms with E-state index in [2.05, 4.69) is 0 Å². The second-order valence-electron chi connectivity index (χ2n) is 9.25. The van der Waals surface area contributed by atoms with Crippen molar-refractivity contribution < 1.29 is 18.7 Å². The molecular formula is C27H26FNO3S. The fourth-order valence-electron chi connectivity index (χ4n) is 4.13. The van der Waals surface area contributed by atoms with Crippen molar-refractivity contribution in [3.63, 3.8) is 0 Å². The molecule has 0 unspecified atom stereocenters. The average Bonchev–Trinajstić information content (AvgIpc) is 2.97. The molecule has 3 aromatic carbocycles. The average molecular weight is 464 g/mol. The monoisotopic (exact) mass is 463 g/mol. The maximum atomic E-state index is 14.2. The molecule has 4 rings (SSSR count). The second kappa shape index (κ2) is 8.34. The van der Waals surface area contributed by atoms with Gasteiger partial charge in [0, 0.05) is 10.5 Å². The maximum Gasteiger partial charge on any atom is 0.421 e. The van der Waals surface area contributed by atoms with Crippen molar-refractivity contribution in [3.8, 4) is 0 Å². The molecule has 1 heterocycles. The standard InChI is InChI=1S/C27H26FNO3S/c1-17-14-18(2)16-19(15-17)27(33-21-12-10-20(28)11-13-21)22-8-6-7-9-23(22)29(24(27)30)25(31)32-26(3,4)5/h6-16H,1-5H3/t27-/m1/s1. The quantitative estimate of drug-likeness (QED) is 0.431. The van der Waals surface area contributed by atoms with E-state index in [0.29, 0.717) is 16.1 Å². The molecule has 4 nitrogen and oxygen atoms in total. The highest BCUT2D eigenvalue weighted by Crippen LogP contribution is 2.55. The Labute approximate surface area is 197 Å². The predicted molar refractivity (Wildman–Crippen MR) is 129 cm³/mol. The van der Waals surface area contributed by atoms with Crippen LogP contribution in [0.25, 0.3) is 0 Å². The van der Waals surface area contributed by atoms with Crippen LogP contribution >= 0.6 is 11.8 Å². The number of hydrogen-bond acceptors (Lipinski definition) is 4. The topological polar surface area (TPSA) is 46.6 Å². The molecule has 2 amide bonds. The minimum Gasteiger partial charge on any atom is -0.443 e. The molecule has 6 heteroatoms. The summed E-state index contributed by atoms with van der Waals surface area (Å²) < 4.78 is 18.0. The van der Waals surface area contributed by atoms with E-state index in [1.807, 2.05) is 44.2 Å². The van der Waals surface area contributed by atoms with E-state index >= 15 is 0 Å². The number of nitrogens with zero attached hydrogens (tertiary/aromatic N) is 1. The van der Waals surface area contributed by atoms with Gasteiger partial charge in [-0.25, -0.2) is 14.1 Å². The molecule has 0 spiro atoms. The zero-order valence-electron chi connectivity index (χ0n) is 19.3. The summed E-state index contributed by atoms with van der Waals surface area (Å²) in [5.74, 6) is -0.759. The Kier molecular flexibility index (Phi) is 5.83. The first-order chi connectivity index (χ1) is 15.5. The molecule has 170 valence electrons. The van der Waals surface area contributed by atoms with Crippen LogP contribution in [-0.2, 0) is 14.3 Å². The Hall–Kier alpha value is -3.12. The van der Waals surface area contributed by atoms with E-state index in [1.54, 1.807) is 45.0 Å². The highest BCUT2D eigenvalue weighted by Gasteiger charge is 2.56. The molecule has 0 aromatic heterocycles. The zero-order valence-corrected chi connectivity index (χ0v) is 20.1. The van der Waals surface area contributed by atoms with Gasteiger partial charge in [0.25, 0.3) is 5.91 Å². The molecule has 0 fully saturated rings. The lowest BCUT2D eigenvalue weighted by Crippen LogP contribution is -2.44. The number of fused-ring (bicyclic) bond motifs is 1. The van der Waals surface area contributed by atoms with E-state index in [0.717, 1.165) is 21.6 Å². The van der Waals surface area contributed by atoms with Gasteiger partial charge in [-0.05, 0) is 70.5 Å². The van der Waals surface area contributed by atoms with Crippen molar-refractivity contribution in [3.05, 3.63) is 94.8 Å². The van der Waals surface area contributed by atoms with Crippen molar-refractivity contribution in [1.82, 2.24) is 0 Å². The number of anilines is 1. The van der Waals surface area contributed by atoms with Gasteiger partial charge in [-0.15, -0.1) is 0 Å². The first-order valence-electron chi connectivity index (χ1n) is 10.7. The van der Waals surface area contributed by atoms with E-state index in [4.69, 9.17) is 4.74 Å². The number of rotatable bonds is 3. The Morgan fingerprint density at radius 3 is 2.18 bits per heavy atom. The molecule has 33 heavy (non-hydrogen) atoms. The summed E-state index contributed by atoms with van der Waals surface area (Å²) in [6.45, 7) is 9.25. The molecule has 0 bridgehead atoms. The minimum atomic E-state index is -1.23. The van der Waals surface area contributed by atoms with Crippen molar-refractivity contribution in [2.24, 2.45) is 0 Å². The fourth-order valence-corrected chi connectivity index (χ4v) is 5.45. The summed E-state index contributed by atoms with van der Waals surface area (Å²) in [5, 5.41) is 0. The van der Waals surface area contributed by atoms with Gasteiger partial charge in [0.15, 0.2) is 4.75 Å². The van der Waals surface area contributed by atoms with E-state index in [-0.39, 0.29) is 5.82 Å². The fraction of sp³-hybridized carbons (Fsp3) is 0.259. The molecule has 0 radical (unpaired) electrons. The lowest BCUT2D eigenvalue weighted by atomic mass is 9.89. The first-order valence-corrected chi connectivity index (χ1v) is 11.5. The predicted octanol–water partition coefficient (Wildman–Crippen LogP) is 6.76. The van der Waals surface area contributed by atoms with E-state index < -0.39 is 22.3 Å². The van der Waals surface area contributed by atoms with E-state index in [9.17, 15) is 14.0 Å². The third kappa shape index (κ3) is 4.27. The van der Waals surface area contributed by atoms with Gasteiger partial charge in [0.2, 0.25) is 0 Å². The molecule has 0 saturated carbocycles. The van der Waals surface area contributed by atoms with Crippen LogP contribution in [-0.4, -0.2) is 17.6 Å². The normalized spacial score (nSPS) is 17.8. The van der Waals surface area contributed by atoms with Crippen LogP contribution in [0.4, 0.5) is 14.9 Å². The van der Waals surface area contributed by atoms with Gasteiger partial charge in [-0.1, -0.05) is 59.3 Å². The molecule has 0 N–H and O–H groups in total. The smallest absolute Gasteiger partial charge is 0.421 e. The van der Waals surface area contributed by atoms with Crippen LogP contribution in [0, 0.1) is 19.7 Å². The van der Waals surface area contributed by atoms with Crippen LogP contribution in [0.1, 0.15) is 43.0 Å². The van der Waals surface area contributed by atoms with Gasteiger partial charge in [0.05, 0.1) is 5.69 Å². The van der Waals surface area contributed by atoms with Gasteiger partial charge in [0.1, 0.15) is 11.4 Å². The SMILES string of the molecule is Cc1cc(C)cc([C@]2(Sc3ccc(F)cc3)C(=O)N(C(=O)OC(C)(C)C)c3ccccc32)c1. The third-order valence-corrected chi connectivity index (χ3v) is 6.76. The van der Waals surface area contributed by atoms with Gasteiger partial charge < -0.3 is 4.74 Å². The molecule has 1 aliphatic rings. The summed E-state index contributed by atoms with van der Waals surface area (Å²) in [4.78, 5) is 29.3. The number of thioether (sulfide) groups is 1. The number of ether oxygens (including phenoxy) is 1. The Bertz CT molecular complexity index is 1210. The maximum absolute atomic E-state index is 14.2. The zero-order chi connectivity index (χ0) is 24.0. The van der Waals surface area contributed by atoms with Crippen molar-refractivity contribution >= 4 is 29.4 Å². The third-order valence-electron chi connectivity index (χ3n) is 5.32. The van der Waals surface area contributed by atoms with Crippen molar-refractivity contribution in [2.75, 3.05) is 4.90 Å². The van der Waals surface area contributed by atoms with E-state index in [1.165, 1.54) is 23.9 Å². The number of amides is 2. The summed E-state index contributed by atoms with van der Waals surface area (Å²) in [7, 11) is 0.